The monoisotopic (exact) mass is 322 g/mol. The molecule has 0 aliphatic rings. The zero-order valence-electron chi connectivity index (χ0n) is 9.44. The number of carbonyl (C=O) groups is 1. The van der Waals surface area contributed by atoms with Gasteiger partial charge in [-0.2, -0.15) is 0 Å². The van der Waals surface area contributed by atoms with E-state index in [9.17, 15) is 13.6 Å². The van der Waals surface area contributed by atoms with E-state index in [-0.39, 0.29) is 18.7 Å². The lowest BCUT2D eigenvalue weighted by atomic mass is 10.2. The van der Waals surface area contributed by atoms with Crippen molar-refractivity contribution in [3.05, 3.63) is 28.2 Å². The molecule has 1 rings (SSSR count). The zero-order chi connectivity index (χ0) is 13.7. The van der Waals surface area contributed by atoms with Crippen molar-refractivity contribution in [3.8, 4) is 0 Å². The second-order valence-electron chi connectivity index (χ2n) is 3.60. The normalized spacial score (nSPS) is 10.7. The molecule has 0 saturated carbocycles. The Bertz CT molecular complexity index is 430. The highest BCUT2D eigenvalue weighted by atomic mass is 79.9. The van der Waals surface area contributed by atoms with E-state index >= 15 is 0 Å². The third-order valence-corrected chi connectivity index (χ3v) is 2.95. The fraction of sp³-hybridized carbons (Fsp3) is 0.364. The minimum Gasteiger partial charge on any atom is -0.398 e. The number of carbonyl (C=O) groups excluding carboxylic acids is 1. The van der Waals surface area contributed by atoms with Gasteiger partial charge in [-0.15, -0.1) is 0 Å². The highest BCUT2D eigenvalue weighted by Crippen LogP contribution is 2.21. The minimum atomic E-state index is -2.64. The number of aliphatic hydroxyl groups is 1. The summed E-state index contributed by atoms with van der Waals surface area (Å²) in [5.74, 6) is -0.565. The van der Waals surface area contributed by atoms with Gasteiger partial charge in [-0.05, 0) is 34.1 Å². The summed E-state index contributed by atoms with van der Waals surface area (Å²) in [7, 11) is 0. The molecule has 0 unspecified atom stereocenters. The van der Waals surface area contributed by atoms with Crippen LogP contribution >= 0.6 is 15.9 Å². The molecule has 0 saturated heterocycles. The molecule has 0 radical (unpaired) electrons. The molecular weight excluding hydrogens is 310 g/mol. The first-order valence-corrected chi connectivity index (χ1v) is 5.98. The van der Waals surface area contributed by atoms with Crippen LogP contribution in [0.5, 0.6) is 0 Å². The molecule has 4 nitrogen and oxygen atoms in total. The molecule has 3 N–H and O–H groups in total. The molecule has 0 spiro atoms. The standard InChI is InChI=1S/C11H13BrF2N2O2/c12-8-5-7(1-2-9(8)15)11(18)16(3-4-17)6-10(13)14/h1-2,5,10,17H,3-4,6,15H2. The maximum atomic E-state index is 12.3. The van der Waals surface area contributed by atoms with Crippen molar-refractivity contribution in [2.24, 2.45) is 0 Å². The van der Waals surface area contributed by atoms with Gasteiger partial charge >= 0.3 is 0 Å². The summed E-state index contributed by atoms with van der Waals surface area (Å²) < 4.78 is 25.2. The Morgan fingerprint density at radius 1 is 1.50 bits per heavy atom. The quantitative estimate of drug-likeness (QED) is 0.811. The summed E-state index contributed by atoms with van der Waals surface area (Å²) in [5.41, 5.74) is 6.27. The van der Waals surface area contributed by atoms with Gasteiger partial charge in [0.2, 0.25) is 0 Å². The summed E-state index contributed by atoms with van der Waals surface area (Å²) in [5, 5.41) is 8.78. The number of anilines is 1. The molecule has 0 fully saturated rings. The number of nitrogen functional groups attached to an aromatic ring is 1. The van der Waals surface area contributed by atoms with Crippen LogP contribution in [-0.4, -0.2) is 42.0 Å². The van der Waals surface area contributed by atoms with Crippen molar-refractivity contribution in [2.45, 2.75) is 6.43 Å². The molecule has 0 heterocycles. The van der Waals surface area contributed by atoms with Crippen molar-refractivity contribution in [1.29, 1.82) is 0 Å². The molecule has 7 heteroatoms. The van der Waals surface area contributed by atoms with E-state index in [2.05, 4.69) is 15.9 Å². The maximum Gasteiger partial charge on any atom is 0.255 e. The summed E-state index contributed by atoms with van der Waals surface area (Å²) in [6, 6.07) is 4.43. The number of nitrogens with two attached hydrogens (primary N) is 1. The van der Waals surface area contributed by atoms with Gasteiger partial charge in [-0.25, -0.2) is 8.78 Å². The van der Waals surface area contributed by atoms with Crippen LogP contribution in [0.1, 0.15) is 10.4 Å². The smallest absolute Gasteiger partial charge is 0.255 e. The average molecular weight is 323 g/mol. The van der Waals surface area contributed by atoms with E-state index in [0.29, 0.717) is 10.2 Å². The second-order valence-corrected chi connectivity index (χ2v) is 4.46. The van der Waals surface area contributed by atoms with E-state index in [1.165, 1.54) is 18.2 Å². The Labute approximate surface area is 112 Å². The highest BCUT2D eigenvalue weighted by Gasteiger charge is 2.19. The minimum absolute atomic E-state index is 0.134. The molecule has 100 valence electrons. The van der Waals surface area contributed by atoms with E-state index in [1.807, 2.05) is 0 Å². The topological polar surface area (TPSA) is 66.6 Å². The summed E-state index contributed by atoms with van der Waals surface area (Å²) in [4.78, 5) is 12.9. The first kappa shape index (κ1) is 14.8. The molecule has 0 aliphatic heterocycles. The second kappa shape index (κ2) is 6.65. The van der Waals surface area contributed by atoms with Crippen LogP contribution in [-0.2, 0) is 0 Å². The molecule has 0 aromatic heterocycles. The number of hydrogen-bond donors (Lipinski definition) is 2. The Balaban J connectivity index is 2.90. The Morgan fingerprint density at radius 3 is 2.67 bits per heavy atom. The van der Waals surface area contributed by atoms with Crippen molar-refractivity contribution in [3.63, 3.8) is 0 Å². The molecule has 1 aromatic carbocycles. The van der Waals surface area contributed by atoms with Gasteiger partial charge in [0.15, 0.2) is 0 Å². The van der Waals surface area contributed by atoms with Crippen LogP contribution in [0.2, 0.25) is 0 Å². The maximum absolute atomic E-state index is 12.3. The van der Waals surface area contributed by atoms with E-state index in [1.54, 1.807) is 0 Å². The van der Waals surface area contributed by atoms with Gasteiger partial charge in [-0.3, -0.25) is 4.79 Å². The number of nitrogens with zero attached hydrogens (tertiary/aromatic N) is 1. The fourth-order valence-electron chi connectivity index (χ4n) is 1.41. The lowest BCUT2D eigenvalue weighted by Crippen LogP contribution is -2.37. The van der Waals surface area contributed by atoms with Crippen molar-refractivity contribution in [1.82, 2.24) is 4.90 Å². The van der Waals surface area contributed by atoms with E-state index in [4.69, 9.17) is 10.8 Å². The van der Waals surface area contributed by atoms with Crippen molar-refractivity contribution in [2.75, 3.05) is 25.4 Å². The predicted octanol–water partition coefficient (Wildman–Crippen LogP) is 1.73. The van der Waals surface area contributed by atoms with Crippen molar-refractivity contribution >= 4 is 27.5 Å². The zero-order valence-corrected chi connectivity index (χ0v) is 11.0. The third kappa shape index (κ3) is 3.92. The molecule has 0 bridgehead atoms. The summed E-state index contributed by atoms with van der Waals surface area (Å²) >= 11 is 3.16. The molecule has 18 heavy (non-hydrogen) atoms. The van der Waals surface area contributed by atoms with Crippen LogP contribution in [0, 0.1) is 0 Å². The van der Waals surface area contributed by atoms with E-state index < -0.39 is 18.9 Å². The average Bonchev–Trinajstić information content (AvgIpc) is 2.31. The molecule has 0 aliphatic carbocycles. The van der Waals surface area contributed by atoms with Gasteiger partial charge in [-0.1, -0.05) is 0 Å². The van der Waals surface area contributed by atoms with Gasteiger partial charge < -0.3 is 15.7 Å². The van der Waals surface area contributed by atoms with E-state index in [0.717, 1.165) is 4.90 Å². The van der Waals surface area contributed by atoms with Gasteiger partial charge in [0.05, 0.1) is 13.2 Å². The highest BCUT2D eigenvalue weighted by molar-refractivity contribution is 9.10. The third-order valence-electron chi connectivity index (χ3n) is 2.26. The number of amides is 1. The Kier molecular flexibility index (Phi) is 5.49. The largest absolute Gasteiger partial charge is 0.398 e. The van der Waals surface area contributed by atoms with Crippen molar-refractivity contribution < 1.29 is 18.7 Å². The summed E-state index contributed by atoms with van der Waals surface area (Å²) in [6.07, 6.45) is -2.64. The number of halogens is 3. The van der Waals surface area contributed by atoms with Crippen LogP contribution in [0.4, 0.5) is 14.5 Å². The lowest BCUT2D eigenvalue weighted by molar-refractivity contribution is 0.0509. The Hall–Kier alpha value is -1.21. The Morgan fingerprint density at radius 2 is 2.17 bits per heavy atom. The summed E-state index contributed by atoms with van der Waals surface area (Å²) in [6.45, 7) is -1.21. The number of benzene rings is 1. The molecular formula is C11H13BrF2N2O2. The van der Waals surface area contributed by atoms with Gasteiger partial charge in [0, 0.05) is 22.3 Å². The molecule has 1 amide bonds. The van der Waals surface area contributed by atoms with Crippen LogP contribution in [0.25, 0.3) is 0 Å². The number of alkyl halides is 2. The predicted molar refractivity (Wildman–Crippen MR) is 67.5 cm³/mol. The van der Waals surface area contributed by atoms with Gasteiger partial charge in [0.1, 0.15) is 0 Å². The van der Waals surface area contributed by atoms with Crippen LogP contribution < -0.4 is 5.73 Å². The first-order valence-electron chi connectivity index (χ1n) is 5.19. The number of hydrogen-bond acceptors (Lipinski definition) is 3. The number of aliphatic hydroxyl groups excluding tert-OH is 1. The lowest BCUT2D eigenvalue weighted by Gasteiger charge is -2.21. The first-order chi connectivity index (χ1) is 8.45. The van der Waals surface area contributed by atoms with Crippen LogP contribution in [0.15, 0.2) is 22.7 Å². The molecule has 1 aromatic rings. The van der Waals surface area contributed by atoms with Gasteiger partial charge in [0.25, 0.3) is 12.3 Å². The number of rotatable bonds is 5. The van der Waals surface area contributed by atoms with Crippen LogP contribution in [0.3, 0.4) is 0 Å². The SMILES string of the molecule is Nc1ccc(C(=O)N(CCO)CC(F)F)cc1Br. The fourth-order valence-corrected chi connectivity index (χ4v) is 1.78. The molecule has 0 atom stereocenters.